The lowest BCUT2D eigenvalue weighted by Crippen LogP contribution is -2.09. The molecule has 0 atom stereocenters. The van der Waals surface area contributed by atoms with Crippen LogP contribution in [0, 0.1) is 0 Å². The van der Waals surface area contributed by atoms with Gasteiger partial charge >= 0.3 is 0 Å². The first-order valence-electron chi connectivity index (χ1n) is 19.4. The van der Waals surface area contributed by atoms with Crippen molar-refractivity contribution < 1.29 is 4.42 Å². The number of benzene rings is 9. The lowest BCUT2D eigenvalue weighted by Gasteiger charge is -2.26. The van der Waals surface area contributed by atoms with Crippen LogP contribution in [-0.2, 0) is 0 Å². The Morgan fingerprint density at radius 2 is 0.772 bits per heavy atom. The summed E-state index contributed by atoms with van der Waals surface area (Å²) < 4.78 is 8.86. The van der Waals surface area contributed by atoms with Gasteiger partial charge in [0.1, 0.15) is 11.2 Å². The fourth-order valence-corrected chi connectivity index (χ4v) is 8.43. The molecule has 268 valence electrons. The molecule has 0 aliphatic heterocycles. The van der Waals surface area contributed by atoms with Crippen molar-refractivity contribution in [2.75, 3.05) is 4.90 Å². The molecule has 0 N–H and O–H groups in total. The number of nitrogens with zero attached hydrogens (tertiary/aromatic N) is 2. The van der Waals surface area contributed by atoms with E-state index in [1.54, 1.807) is 0 Å². The summed E-state index contributed by atoms with van der Waals surface area (Å²) in [6.07, 6.45) is 0. The maximum absolute atomic E-state index is 6.51. The van der Waals surface area contributed by atoms with Gasteiger partial charge in [-0.1, -0.05) is 146 Å². The topological polar surface area (TPSA) is 21.3 Å². The zero-order chi connectivity index (χ0) is 37.7. The number of hydrogen-bond acceptors (Lipinski definition) is 2. The minimum Gasteiger partial charge on any atom is -0.455 e. The minimum absolute atomic E-state index is 0.915. The van der Waals surface area contributed by atoms with Crippen LogP contribution >= 0.6 is 0 Å². The smallest absolute Gasteiger partial charge is 0.145 e. The van der Waals surface area contributed by atoms with Gasteiger partial charge in [0.2, 0.25) is 0 Å². The first-order valence-corrected chi connectivity index (χ1v) is 19.4. The van der Waals surface area contributed by atoms with E-state index in [1.807, 2.05) is 6.07 Å². The van der Waals surface area contributed by atoms with Crippen LogP contribution in [0.1, 0.15) is 0 Å². The normalized spacial score (nSPS) is 11.5. The van der Waals surface area contributed by atoms with Crippen LogP contribution in [-0.4, -0.2) is 4.57 Å². The molecule has 3 nitrogen and oxygen atoms in total. The van der Waals surface area contributed by atoms with Gasteiger partial charge in [0.25, 0.3) is 0 Å². The van der Waals surface area contributed by atoms with Crippen molar-refractivity contribution in [1.82, 2.24) is 4.57 Å². The third-order valence-corrected chi connectivity index (χ3v) is 11.2. The third kappa shape index (κ3) is 5.68. The van der Waals surface area contributed by atoms with Crippen molar-refractivity contribution >= 4 is 60.8 Å². The van der Waals surface area contributed by atoms with Crippen LogP contribution in [0.4, 0.5) is 17.1 Å². The van der Waals surface area contributed by atoms with E-state index in [2.05, 4.69) is 222 Å². The maximum atomic E-state index is 6.51. The standard InChI is InChI=1S/C54H36N2O/c1-3-11-37(12-4-1)38-19-21-39(22-20-38)40-23-29-44(30-24-40)55(43-13-5-2-6-14-43)45-31-25-41(26-32-45)42-27-33-46(34-28-42)56-50-17-9-7-16-49(50)53-51(56)36-35-48-47-15-8-10-18-52(47)57-54(48)53/h1-36H. The highest BCUT2D eigenvalue weighted by molar-refractivity contribution is 6.23. The molecule has 0 saturated carbocycles. The molecule has 0 radical (unpaired) electrons. The Hall–Kier alpha value is -7.62. The molecular formula is C54H36N2O. The van der Waals surface area contributed by atoms with Crippen molar-refractivity contribution in [3.8, 4) is 39.1 Å². The summed E-state index contributed by atoms with van der Waals surface area (Å²) in [5.74, 6) is 0. The van der Waals surface area contributed by atoms with Gasteiger partial charge in [-0.25, -0.2) is 0 Å². The van der Waals surface area contributed by atoms with E-state index >= 15 is 0 Å². The molecule has 0 amide bonds. The molecular weight excluding hydrogens is 693 g/mol. The van der Waals surface area contributed by atoms with Gasteiger partial charge in [0.15, 0.2) is 0 Å². The predicted molar refractivity (Wildman–Crippen MR) is 239 cm³/mol. The van der Waals surface area contributed by atoms with E-state index in [9.17, 15) is 0 Å². The SMILES string of the molecule is c1ccc(-c2ccc(-c3ccc(N(c4ccccc4)c4ccc(-c5ccc(-n6c7ccccc7c7c8oc9ccccc9c8ccc76)cc5)cc4)cc3)cc2)cc1. The number of furan rings is 1. The number of fused-ring (bicyclic) bond motifs is 7. The van der Waals surface area contributed by atoms with Crippen LogP contribution in [0.3, 0.4) is 0 Å². The molecule has 0 unspecified atom stereocenters. The number of aromatic nitrogens is 1. The maximum Gasteiger partial charge on any atom is 0.145 e. The molecule has 57 heavy (non-hydrogen) atoms. The van der Waals surface area contributed by atoms with Crippen LogP contribution < -0.4 is 4.90 Å². The molecule has 2 heterocycles. The number of rotatable bonds is 7. The number of anilines is 3. The van der Waals surface area contributed by atoms with Crippen molar-refractivity contribution in [1.29, 1.82) is 0 Å². The van der Waals surface area contributed by atoms with Gasteiger partial charge in [-0.15, -0.1) is 0 Å². The summed E-state index contributed by atoms with van der Waals surface area (Å²) in [6.45, 7) is 0. The van der Waals surface area contributed by atoms with Crippen molar-refractivity contribution in [2.45, 2.75) is 0 Å². The second-order valence-corrected chi connectivity index (χ2v) is 14.5. The Bertz CT molecular complexity index is 3180. The summed E-state index contributed by atoms with van der Waals surface area (Å²) in [5.41, 5.74) is 15.7. The summed E-state index contributed by atoms with van der Waals surface area (Å²) in [7, 11) is 0. The highest BCUT2D eigenvalue weighted by atomic mass is 16.3. The Morgan fingerprint density at radius 1 is 0.316 bits per heavy atom. The van der Waals surface area contributed by atoms with E-state index in [-0.39, 0.29) is 0 Å². The lowest BCUT2D eigenvalue weighted by atomic mass is 10.00. The van der Waals surface area contributed by atoms with Gasteiger partial charge in [-0.2, -0.15) is 0 Å². The summed E-state index contributed by atoms with van der Waals surface area (Å²) in [4.78, 5) is 2.32. The first-order chi connectivity index (χ1) is 28.3. The molecule has 2 aromatic heterocycles. The van der Waals surface area contributed by atoms with E-state index in [0.29, 0.717) is 0 Å². The largest absolute Gasteiger partial charge is 0.455 e. The Morgan fingerprint density at radius 3 is 1.39 bits per heavy atom. The average Bonchev–Trinajstić information content (AvgIpc) is 3.84. The molecule has 0 bridgehead atoms. The third-order valence-electron chi connectivity index (χ3n) is 11.2. The van der Waals surface area contributed by atoms with Crippen LogP contribution in [0.2, 0.25) is 0 Å². The van der Waals surface area contributed by atoms with Gasteiger partial charge in [0, 0.05) is 38.9 Å². The minimum atomic E-state index is 0.915. The zero-order valence-electron chi connectivity index (χ0n) is 31.1. The van der Waals surface area contributed by atoms with Gasteiger partial charge in [-0.05, 0) is 106 Å². The molecule has 3 heteroatoms. The van der Waals surface area contributed by atoms with Crippen molar-refractivity contribution in [3.63, 3.8) is 0 Å². The van der Waals surface area contributed by atoms with Gasteiger partial charge in [0.05, 0.1) is 16.4 Å². The Kier molecular flexibility index (Phi) is 7.82. The van der Waals surface area contributed by atoms with E-state index in [0.717, 1.165) is 61.1 Å². The van der Waals surface area contributed by atoms with Crippen LogP contribution in [0.25, 0.3) is 82.8 Å². The second kappa shape index (κ2) is 13.6. The lowest BCUT2D eigenvalue weighted by molar-refractivity contribution is 0.673. The summed E-state index contributed by atoms with van der Waals surface area (Å²) >= 11 is 0. The molecule has 11 aromatic rings. The quantitative estimate of drug-likeness (QED) is 0.163. The average molecular weight is 729 g/mol. The summed E-state index contributed by atoms with van der Waals surface area (Å²) in [6, 6.07) is 78.0. The van der Waals surface area contributed by atoms with E-state index < -0.39 is 0 Å². The Balaban J connectivity index is 0.904. The second-order valence-electron chi connectivity index (χ2n) is 14.5. The fourth-order valence-electron chi connectivity index (χ4n) is 8.43. The highest BCUT2D eigenvalue weighted by Crippen LogP contribution is 2.41. The Labute approximate surface area is 330 Å². The molecule has 0 saturated heterocycles. The molecule has 0 spiro atoms. The van der Waals surface area contributed by atoms with Crippen molar-refractivity contribution in [3.05, 3.63) is 218 Å². The molecule has 9 aromatic carbocycles. The van der Waals surface area contributed by atoms with Crippen LogP contribution in [0.15, 0.2) is 223 Å². The molecule has 0 aliphatic carbocycles. The monoisotopic (exact) mass is 728 g/mol. The predicted octanol–water partition coefficient (Wildman–Crippen LogP) is 15.2. The van der Waals surface area contributed by atoms with Crippen LogP contribution in [0.5, 0.6) is 0 Å². The van der Waals surface area contributed by atoms with E-state index in [4.69, 9.17) is 4.42 Å². The fraction of sp³-hybridized carbons (Fsp3) is 0. The first kappa shape index (κ1) is 32.8. The van der Waals surface area contributed by atoms with E-state index in [1.165, 1.54) is 38.8 Å². The summed E-state index contributed by atoms with van der Waals surface area (Å²) in [5, 5.41) is 4.63. The molecule has 11 rings (SSSR count). The van der Waals surface area contributed by atoms with Gasteiger partial charge < -0.3 is 13.9 Å². The molecule has 0 fully saturated rings. The van der Waals surface area contributed by atoms with Gasteiger partial charge in [-0.3, -0.25) is 0 Å². The zero-order valence-corrected chi connectivity index (χ0v) is 31.1. The number of hydrogen-bond donors (Lipinski definition) is 0. The highest BCUT2D eigenvalue weighted by Gasteiger charge is 2.19. The number of para-hydroxylation sites is 3. The van der Waals surface area contributed by atoms with Crippen molar-refractivity contribution in [2.24, 2.45) is 0 Å². The molecule has 0 aliphatic rings.